The van der Waals surface area contributed by atoms with E-state index in [1.807, 2.05) is 12.1 Å². The number of hydrogen-bond acceptors (Lipinski definition) is 2. The van der Waals surface area contributed by atoms with Gasteiger partial charge in [-0.15, -0.1) is 0 Å². The zero-order valence-electron chi connectivity index (χ0n) is 10.2. The van der Waals surface area contributed by atoms with Crippen LogP contribution in [0.15, 0.2) is 62.9 Å². The Bertz CT molecular complexity index is 688. The highest BCUT2D eigenvalue weighted by Crippen LogP contribution is 2.33. The molecule has 0 radical (unpaired) electrons. The Hall–Kier alpha value is -1.23. The van der Waals surface area contributed by atoms with Gasteiger partial charge in [0.05, 0.1) is 5.03 Å². The van der Waals surface area contributed by atoms with Crippen LogP contribution in [0.25, 0.3) is 10.9 Å². The fraction of sp³-hybridized carbons (Fsp3) is 0.0667. The third-order valence-electron chi connectivity index (χ3n) is 2.97. The van der Waals surface area contributed by atoms with Gasteiger partial charge in [-0.2, -0.15) is 0 Å². The van der Waals surface area contributed by atoms with Gasteiger partial charge >= 0.3 is 0 Å². The van der Waals surface area contributed by atoms with Crippen molar-refractivity contribution in [3.05, 3.63) is 58.6 Å². The number of fused-ring (bicyclic) bond motifs is 1. The maximum Gasteiger partial charge on any atom is 0.0780 e. The van der Waals surface area contributed by atoms with Crippen LogP contribution in [0.3, 0.4) is 0 Å². The molecule has 1 aromatic heterocycles. The van der Waals surface area contributed by atoms with Crippen molar-refractivity contribution in [2.75, 3.05) is 0 Å². The zero-order valence-corrected chi connectivity index (χ0v) is 12.6. The van der Waals surface area contributed by atoms with Gasteiger partial charge < -0.3 is 10.7 Å². The SMILES string of the molecule is NCc1cc(Br)ccc1Sc1cc2ccccc2[nH]1. The molecule has 0 aliphatic heterocycles. The summed E-state index contributed by atoms with van der Waals surface area (Å²) >= 11 is 5.19. The predicted octanol–water partition coefficient (Wildman–Crippen LogP) is 4.54. The maximum atomic E-state index is 5.80. The molecule has 0 atom stereocenters. The number of nitrogens with one attached hydrogen (secondary N) is 1. The summed E-state index contributed by atoms with van der Waals surface area (Å²) in [6.45, 7) is 0.544. The summed E-state index contributed by atoms with van der Waals surface area (Å²) in [6, 6.07) is 16.7. The van der Waals surface area contributed by atoms with Crippen molar-refractivity contribution >= 4 is 38.6 Å². The van der Waals surface area contributed by atoms with Crippen LogP contribution < -0.4 is 5.73 Å². The fourth-order valence-corrected chi connectivity index (χ4v) is 3.43. The van der Waals surface area contributed by atoms with Crippen LogP contribution in [0.1, 0.15) is 5.56 Å². The second kappa shape index (κ2) is 5.41. The van der Waals surface area contributed by atoms with Gasteiger partial charge in [0, 0.05) is 26.8 Å². The lowest BCUT2D eigenvalue weighted by Gasteiger charge is -2.06. The van der Waals surface area contributed by atoms with Crippen LogP contribution in [-0.2, 0) is 6.54 Å². The summed E-state index contributed by atoms with van der Waals surface area (Å²) in [7, 11) is 0. The average Bonchev–Trinajstić information content (AvgIpc) is 2.83. The largest absolute Gasteiger partial charge is 0.349 e. The predicted molar refractivity (Wildman–Crippen MR) is 84.5 cm³/mol. The minimum atomic E-state index is 0.544. The molecule has 0 fully saturated rings. The molecule has 2 aromatic carbocycles. The van der Waals surface area contributed by atoms with E-state index in [1.165, 1.54) is 10.3 Å². The van der Waals surface area contributed by atoms with Gasteiger partial charge in [0.15, 0.2) is 0 Å². The van der Waals surface area contributed by atoms with E-state index in [1.54, 1.807) is 11.8 Å². The molecule has 0 saturated heterocycles. The van der Waals surface area contributed by atoms with E-state index < -0.39 is 0 Å². The summed E-state index contributed by atoms with van der Waals surface area (Å²) < 4.78 is 1.06. The van der Waals surface area contributed by atoms with E-state index in [0.29, 0.717) is 6.54 Å². The number of hydrogen-bond donors (Lipinski definition) is 2. The van der Waals surface area contributed by atoms with Crippen LogP contribution in [0, 0.1) is 0 Å². The van der Waals surface area contributed by atoms with E-state index in [4.69, 9.17) is 5.73 Å². The third-order valence-corrected chi connectivity index (χ3v) is 4.52. The normalized spacial score (nSPS) is 11.1. The van der Waals surface area contributed by atoms with Crippen molar-refractivity contribution in [1.82, 2.24) is 4.98 Å². The molecule has 0 aliphatic carbocycles. The molecular formula is C15H13BrN2S. The zero-order chi connectivity index (χ0) is 13.2. The van der Waals surface area contributed by atoms with Gasteiger partial charge in [-0.25, -0.2) is 0 Å². The summed E-state index contributed by atoms with van der Waals surface area (Å²) in [5.41, 5.74) is 8.12. The fourth-order valence-electron chi connectivity index (χ4n) is 2.03. The van der Waals surface area contributed by atoms with Crippen molar-refractivity contribution in [3.63, 3.8) is 0 Å². The molecule has 96 valence electrons. The molecule has 4 heteroatoms. The first-order chi connectivity index (χ1) is 9.26. The van der Waals surface area contributed by atoms with E-state index in [9.17, 15) is 0 Å². The minimum Gasteiger partial charge on any atom is -0.349 e. The van der Waals surface area contributed by atoms with Gasteiger partial charge in [-0.1, -0.05) is 45.9 Å². The molecule has 1 heterocycles. The minimum absolute atomic E-state index is 0.544. The van der Waals surface area contributed by atoms with Crippen molar-refractivity contribution in [3.8, 4) is 0 Å². The quantitative estimate of drug-likeness (QED) is 0.739. The first-order valence-electron chi connectivity index (χ1n) is 6.00. The first kappa shape index (κ1) is 12.8. The number of aromatic amines is 1. The smallest absolute Gasteiger partial charge is 0.0780 e. The number of H-pyrrole nitrogens is 1. The number of halogens is 1. The Morgan fingerprint density at radius 2 is 1.95 bits per heavy atom. The van der Waals surface area contributed by atoms with Crippen LogP contribution in [-0.4, -0.2) is 4.98 Å². The van der Waals surface area contributed by atoms with Crippen LogP contribution in [0.2, 0.25) is 0 Å². The van der Waals surface area contributed by atoms with Gasteiger partial charge in [-0.05, 0) is 35.9 Å². The highest BCUT2D eigenvalue weighted by atomic mass is 79.9. The molecule has 3 rings (SSSR count). The Morgan fingerprint density at radius 1 is 1.11 bits per heavy atom. The highest BCUT2D eigenvalue weighted by molar-refractivity contribution is 9.10. The third kappa shape index (κ3) is 2.71. The number of benzene rings is 2. The van der Waals surface area contributed by atoms with Crippen LogP contribution >= 0.6 is 27.7 Å². The molecule has 2 nitrogen and oxygen atoms in total. The summed E-state index contributed by atoms with van der Waals surface area (Å²) in [5, 5.41) is 2.37. The molecule has 0 bridgehead atoms. The summed E-state index contributed by atoms with van der Waals surface area (Å²) in [5.74, 6) is 0. The number of rotatable bonds is 3. The molecule has 0 aliphatic rings. The molecule has 0 spiro atoms. The van der Waals surface area contributed by atoms with Crippen molar-refractivity contribution in [2.45, 2.75) is 16.5 Å². The lowest BCUT2D eigenvalue weighted by molar-refractivity contribution is 1.02. The molecular weight excluding hydrogens is 320 g/mol. The van der Waals surface area contributed by atoms with Gasteiger partial charge in [0.25, 0.3) is 0 Å². The van der Waals surface area contributed by atoms with Crippen LogP contribution in [0.4, 0.5) is 0 Å². The molecule has 0 saturated carbocycles. The first-order valence-corrected chi connectivity index (χ1v) is 7.61. The van der Waals surface area contributed by atoms with E-state index in [2.05, 4.69) is 57.3 Å². The van der Waals surface area contributed by atoms with Crippen molar-refractivity contribution in [2.24, 2.45) is 5.73 Å². The van der Waals surface area contributed by atoms with Crippen molar-refractivity contribution in [1.29, 1.82) is 0 Å². The Balaban J connectivity index is 1.96. The maximum absolute atomic E-state index is 5.80. The molecule has 0 unspecified atom stereocenters. The van der Waals surface area contributed by atoms with E-state index in [0.717, 1.165) is 20.6 Å². The lowest BCUT2D eigenvalue weighted by Crippen LogP contribution is -1.98. The van der Waals surface area contributed by atoms with Crippen molar-refractivity contribution < 1.29 is 0 Å². The molecule has 0 amide bonds. The average molecular weight is 333 g/mol. The summed E-state index contributed by atoms with van der Waals surface area (Å²) in [4.78, 5) is 4.61. The summed E-state index contributed by atoms with van der Waals surface area (Å²) in [6.07, 6.45) is 0. The number of para-hydroxylation sites is 1. The Morgan fingerprint density at radius 3 is 2.74 bits per heavy atom. The van der Waals surface area contributed by atoms with Gasteiger partial charge in [-0.3, -0.25) is 0 Å². The molecule has 3 aromatic rings. The Kier molecular flexibility index (Phi) is 3.64. The van der Waals surface area contributed by atoms with Crippen LogP contribution in [0.5, 0.6) is 0 Å². The topological polar surface area (TPSA) is 41.8 Å². The molecule has 3 N–H and O–H groups in total. The standard InChI is InChI=1S/C15H13BrN2S/c16-12-5-6-14(11(7-12)9-17)19-15-8-10-3-1-2-4-13(10)18-15/h1-8,18H,9,17H2. The van der Waals surface area contributed by atoms with Gasteiger partial charge in [0.1, 0.15) is 0 Å². The number of nitrogens with two attached hydrogens (primary N) is 1. The molecule has 19 heavy (non-hydrogen) atoms. The monoisotopic (exact) mass is 332 g/mol. The number of aromatic nitrogens is 1. The van der Waals surface area contributed by atoms with Gasteiger partial charge in [0.2, 0.25) is 0 Å². The highest BCUT2D eigenvalue weighted by Gasteiger charge is 2.06. The van der Waals surface area contributed by atoms with E-state index >= 15 is 0 Å². The lowest BCUT2D eigenvalue weighted by atomic mass is 10.2. The second-order valence-corrected chi connectivity index (χ2v) is 6.28. The second-order valence-electron chi connectivity index (χ2n) is 4.28. The van der Waals surface area contributed by atoms with E-state index in [-0.39, 0.29) is 0 Å². The Labute approximate surface area is 124 Å².